The predicted octanol–water partition coefficient (Wildman–Crippen LogP) is 5.37. The van der Waals surface area contributed by atoms with E-state index < -0.39 is 11.7 Å². The van der Waals surface area contributed by atoms with Crippen molar-refractivity contribution in [2.75, 3.05) is 5.75 Å². The molecular formula is C16H13F3IN3S. The summed E-state index contributed by atoms with van der Waals surface area (Å²) in [5.41, 5.74) is 1.48. The third-order valence-electron chi connectivity index (χ3n) is 3.53. The maximum Gasteiger partial charge on any atom is 0.416 e. The molecule has 24 heavy (non-hydrogen) atoms. The molecule has 0 aliphatic heterocycles. The Bertz CT molecular complexity index is 905. The van der Waals surface area contributed by atoms with Crippen LogP contribution >= 0.6 is 34.4 Å². The maximum atomic E-state index is 13.0. The van der Waals surface area contributed by atoms with Gasteiger partial charge in [-0.3, -0.25) is 0 Å². The number of thioether (sulfide) groups is 1. The first-order chi connectivity index (χ1) is 11.3. The standard InChI is InChI=1S/C16H13F3IN3S/c1-3-24-13-6-9(16(17,18)19)4-5-11(13)14-22-12-7-10(20)8-21-15(12)23(14)2/h4-8H,3H2,1-2H3. The highest BCUT2D eigenvalue weighted by Gasteiger charge is 2.31. The molecule has 126 valence electrons. The van der Waals surface area contributed by atoms with Gasteiger partial charge in [-0.25, -0.2) is 9.97 Å². The summed E-state index contributed by atoms with van der Waals surface area (Å²) in [6.45, 7) is 1.91. The lowest BCUT2D eigenvalue weighted by molar-refractivity contribution is -0.137. The predicted molar refractivity (Wildman–Crippen MR) is 98.1 cm³/mol. The lowest BCUT2D eigenvalue weighted by Crippen LogP contribution is -2.05. The molecule has 3 rings (SSSR count). The van der Waals surface area contributed by atoms with Crippen LogP contribution in [0.15, 0.2) is 35.4 Å². The molecule has 3 nitrogen and oxygen atoms in total. The molecule has 0 aliphatic carbocycles. The second-order valence-electron chi connectivity index (χ2n) is 5.13. The van der Waals surface area contributed by atoms with Crippen molar-refractivity contribution >= 4 is 45.5 Å². The molecule has 3 aromatic rings. The summed E-state index contributed by atoms with van der Waals surface area (Å²) < 4.78 is 41.7. The Hall–Kier alpha value is -1.29. The fraction of sp³-hybridized carbons (Fsp3) is 0.250. The zero-order valence-corrected chi connectivity index (χ0v) is 15.8. The average Bonchev–Trinajstić information content (AvgIpc) is 2.83. The van der Waals surface area contributed by atoms with Crippen molar-refractivity contribution in [2.24, 2.45) is 7.05 Å². The zero-order chi connectivity index (χ0) is 17.5. The fourth-order valence-corrected chi connectivity index (χ4v) is 3.72. The lowest BCUT2D eigenvalue weighted by atomic mass is 10.1. The Morgan fingerprint density at radius 3 is 2.67 bits per heavy atom. The molecule has 0 bridgehead atoms. The molecule has 0 radical (unpaired) electrons. The average molecular weight is 463 g/mol. The summed E-state index contributed by atoms with van der Waals surface area (Å²) in [6.07, 6.45) is -2.62. The largest absolute Gasteiger partial charge is 0.416 e. The van der Waals surface area contributed by atoms with Crippen molar-refractivity contribution in [1.82, 2.24) is 14.5 Å². The van der Waals surface area contributed by atoms with E-state index in [0.717, 1.165) is 15.2 Å². The molecule has 2 aromatic heterocycles. The Kier molecular flexibility index (Phi) is 4.78. The summed E-state index contributed by atoms with van der Waals surface area (Å²) >= 11 is 3.53. The van der Waals surface area contributed by atoms with E-state index >= 15 is 0 Å². The number of imidazole rings is 1. The van der Waals surface area contributed by atoms with Gasteiger partial charge in [-0.1, -0.05) is 6.92 Å². The number of fused-ring (bicyclic) bond motifs is 1. The van der Waals surface area contributed by atoms with E-state index in [9.17, 15) is 13.2 Å². The van der Waals surface area contributed by atoms with Crippen molar-refractivity contribution in [3.63, 3.8) is 0 Å². The molecule has 0 saturated carbocycles. The lowest BCUT2D eigenvalue weighted by Gasteiger charge is -2.12. The van der Waals surface area contributed by atoms with Gasteiger partial charge in [0.25, 0.3) is 0 Å². The number of pyridine rings is 1. The number of aromatic nitrogens is 3. The minimum atomic E-state index is -4.36. The smallest absolute Gasteiger partial charge is 0.312 e. The summed E-state index contributed by atoms with van der Waals surface area (Å²) in [7, 11) is 1.82. The number of hydrogen-bond donors (Lipinski definition) is 0. The zero-order valence-electron chi connectivity index (χ0n) is 12.9. The molecule has 0 fully saturated rings. The first kappa shape index (κ1) is 17.5. The fourth-order valence-electron chi connectivity index (χ4n) is 2.45. The summed E-state index contributed by atoms with van der Waals surface area (Å²) in [4.78, 5) is 9.51. The van der Waals surface area contributed by atoms with Crippen molar-refractivity contribution < 1.29 is 13.2 Å². The monoisotopic (exact) mass is 463 g/mol. The van der Waals surface area contributed by atoms with Crippen LogP contribution in [0.1, 0.15) is 12.5 Å². The number of rotatable bonds is 3. The molecule has 2 heterocycles. The minimum absolute atomic E-state index is 0.570. The van der Waals surface area contributed by atoms with Crippen LogP contribution < -0.4 is 0 Å². The molecule has 1 aromatic carbocycles. The molecule has 0 saturated heterocycles. The van der Waals surface area contributed by atoms with E-state index in [1.54, 1.807) is 6.20 Å². The van der Waals surface area contributed by atoms with Crippen molar-refractivity contribution in [3.05, 3.63) is 39.6 Å². The minimum Gasteiger partial charge on any atom is -0.312 e. The van der Waals surface area contributed by atoms with E-state index in [2.05, 4.69) is 32.6 Å². The Labute approximate surface area is 154 Å². The number of alkyl halides is 3. The van der Waals surface area contributed by atoms with E-state index in [1.807, 2.05) is 24.6 Å². The normalized spacial score (nSPS) is 12.1. The first-order valence-corrected chi connectivity index (χ1v) is 9.20. The Morgan fingerprint density at radius 2 is 2.00 bits per heavy atom. The summed E-state index contributed by atoms with van der Waals surface area (Å²) in [5.74, 6) is 1.29. The number of nitrogens with zero attached hydrogens (tertiary/aromatic N) is 3. The van der Waals surface area contributed by atoms with Crippen LogP contribution in [0.3, 0.4) is 0 Å². The summed E-state index contributed by atoms with van der Waals surface area (Å²) in [6, 6.07) is 5.70. The third kappa shape index (κ3) is 3.26. The molecule has 0 unspecified atom stereocenters. The highest BCUT2D eigenvalue weighted by atomic mass is 127. The Balaban J connectivity index is 2.20. The molecular weight excluding hydrogens is 450 g/mol. The highest BCUT2D eigenvalue weighted by Crippen LogP contribution is 2.37. The second kappa shape index (κ2) is 6.55. The van der Waals surface area contributed by atoms with Crippen LogP contribution in [-0.4, -0.2) is 20.3 Å². The third-order valence-corrected chi connectivity index (χ3v) is 5.05. The molecule has 0 spiro atoms. The van der Waals surface area contributed by atoms with Gasteiger partial charge in [-0.2, -0.15) is 13.2 Å². The SMILES string of the molecule is CCSc1cc(C(F)(F)F)ccc1-c1nc2cc(I)cnc2n1C. The van der Waals surface area contributed by atoms with Gasteiger partial charge in [0.2, 0.25) is 0 Å². The topological polar surface area (TPSA) is 30.7 Å². The van der Waals surface area contributed by atoms with E-state index in [0.29, 0.717) is 27.7 Å². The highest BCUT2D eigenvalue weighted by molar-refractivity contribution is 14.1. The van der Waals surface area contributed by atoms with Gasteiger partial charge in [0.1, 0.15) is 11.3 Å². The van der Waals surface area contributed by atoms with Crippen LogP contribution in [0.25, 0.3) is 22.6 Å². The van der Waals surface area contributed by atoms with Gasteiger partial charge in [-0.05, 0) is 52.6 Å². The van der Waals surface area contributed by atoms with Crippen molar-refractivity contribution in [3.8, 4) is 11.4 Å². The van der Waals surface area contributed by atoms with Crippen LogP contribution in [0.4, 0.5) is 13.2 Å². The first-order valence-electron chi connectivity index (χ1n) is 7.13. The van der Waals surface area contributed by atoms with Gasteiger partial charge in [0.15, 0.2) is 5.65 Å². The number of aryl methyl sites for hydroxylation is 1. The van der Waals surface area contributed by atoms with Crippen molar-refractivity contribution in [1.29, 1.82) is 0 Å². The quantitative estimate of drug-likeness (QED) is 0.387. The number of hydrogen-bond acceptors (Lipinski definition) is 3. The second-order valence-corrected chi connectivity index (χ2v) is 7.68. The molecule has 0 atom stereocenters. The van der Waals surface area contributed by atoms with Gasteiger partial charge >= 0.3 is 6.18 Å². The van der Waals surface area contributed by atoms with Gasteiger partial charge < -0.3 is 4.57 Å². The van der Waals surface area contributed by atoms with Crippen LogP contribution in [0.5, 0.6) is 0 Å². The molecule has 0 N–H and O–H groups in total. The molecule has 0 aliphatic rings. The van der Waals surface area contributed by atoms with E-state index in [1.165, 1.54) is 23.9 Å². The summed E-state index contributed by atoms with van der Waals surface area (Å²) in [5, 5.41) is 0. The van der Waals surface area contributed by atoms with Crippen LogP contribution in [0.2, 0.25) is 0 Å². The van der Waals surface area contributed by atoms with E-state index in [-0.39, 0.29) is 0 Å². The van der Waals surface area contributed by atoms with Gasteiger partial charge in [0.05, 0.1) is 5.56 Å². The molecule has 8 heteroatoms. The molecule has 0 amide bonds. The van der Waals surface area contributed by atoms with E-state index in [4.69, 9.17) is 0 Å². The van der Waals surface area contributed by atoms with Crippen molar-refractivity contribution in [2.45, 2.75) is 18.0 Å². The number of halogens is 4. The number of benzene rings is 1. The Morgan fingerprint density at radius 1 is 1.25 bits per heavy atom. The van der Waals surface area contributed by atoms with Gasteiger partial charge in [-0.15, -0.1) is 11.8 Å². The van der Waals surface area contributed by atoms with Crippen LogP contribution in [0, 0.1) is 3.57 Å². The van der Waals surface area contributed by atoms with Crippen LogP contribution in [-0.2, 0) is 13.2 Å². The maximum absolute atomic E-state index is 13.0. The van der Waals surface area contributed by atoms with Gasteiger partial charge in [0, 0.05) is 27.3 Å².